The smallest absolute Gasteiger partial charge is 0.226 e. The van der Waals surface area contributed by atoms with Crippen LogP contribution in [0.3, 0.4) is 0 Å². The van der Waals surface area contributed by atoms with Crippen molar-refractivity contribution in [3.8, 4) is 0 Å². The maximum atomic E-state index is 5.13. The van der Waals surface area contributed by atoms with E-state index < -0.39 is 0 Å². The van der Waals surface area contributed by atoms with Crippen LogP contribution in [-0.4, -0.2) is 65.3 Å². The van der Waals surface area contributed by atoms with Crippen LogP contribution in [0.1, 0.15) is 18.6 Å². The molecule has 0 aromatic carbocycles. The summed E-state index contributed by atoms with van der Waals surface area (Å²) in [4.78, 5) is 9.35. The van der Waals surface area contributed by atoms with Gasteiger partial charge in [0, 0.05) is 51.7 Å². The van der Waals surface area contributed by atoms with Crippen LogP contribution >= 0.6 is 0 Å². The maximum absolute atomic E-state index is 5.13. The molecule has 3 rings (SSSR count). The minimum atomic E-state index is 0.740. The summed E-state index contributed by atoms with van der Waals surface area (Å²) in [5.41, 5.74) is 0. The topological polar surface area (TPSA) is 57.4 Å². The van der Waals surface area contributed by atoms with Gasteiger partial charge in [-0.15, -0.1) is 0 Å². The van der Waals surface area contributed by atoms with E-state index in [1.54, 1.807) is 0 Å². The molecule has 0 spiro atoms. The summed E-state index contributed by atoms with van der Waals surface area (Å²) in [6.45, 7) is 9.69. The molecule has 2 aliphatic heterocycles. The highest BCUT2D eigenvalue weighted by molar-refractivity contribution is 4.90. The minimum absolute atomic E-state index is 0.740. The van der Waals surface area contributed by atoms with E-state index in [1.165, 1.54) is 0 Å². The van der Waals surface area contributed by atoms with Gasteiger partial charge in [0.05, 0.1) is 6.54 Å². The van der Waals surface area contributed by atoms with Gasteiger partial charge in [0.2, 0.25) is 5.89 Å². The maximum Gasteiger partial charge on any atom is 0.226 e. The van der Waals surface area contributed by atoms with Gasteiger partial charge in [-0.05, 0) is 0 Å². The Hall–Kier alpha value is -0.980. The highest BCUT2D eigenvalue weighted by Crippen LogP contribution is 2.11. The molecule has 0 unspecified atom stereocenters. The van der Waals surface area contributed by atoms with E-state index >= 15 is 0 Å². The second kappa shape index (κ2) is 5.34. The summed E-state index contributed by atoms with van der Waals surface area (Å²) in [6, 6.07) is 0.768. The first kappa shape index (κ1) is 12.1. The van der Waals surface area contributed by atoms with E-state index in [1.807, 2.05) is 6.92 Å². The molecule has 0 atom stereocenters. The van der Waals surface area contributed by atoms with Gasteiger partial charge in [0.15, 0.2) is 5.82 Å². The zero-order chi connectivity index (χ0) is 12.4. The molecule has 0 aliphatic carbocycles. The molecule has 1 aromatic rings. The molecule has 100 valence electrons. The van der Waals surface area contributed by atoms with Gasteiger partial charge in [0.25, 0.3) is 0 Å². The molecule has 3 heterocycles. The lowest BCUT2D eigenvalue weighted by Gasteiger charge is -2.43. The number of rotatable bonds is 4. The van der Waals surface area contributed by atoms with Crippen LogP contribution in [0, 0.1) is 0 Å². The molecule has 2 saturated heterocycles. The molecule has 0 amide bonds. The minimum Gasteiger partial charge on any atom is -0.339 e. The van der Waals surface area contributed by atoms with E-state index in [0.717, 1.165) is 70.0 Å². The molecular formula is C12H21N5O. The van der Waals surface area contributed by atoms with Crippen molar-refractivity contribution >= 4 is 0 Å². The summed E-state index contributed by atoms with van der Waals surface area (Å²) in [6.07, 6.45) is 0.815. The van der Waals surface area contributed by atoms with Crippen LogP contribution in [0.4, 0.5) is 0 Å². The van der Waals surface area contributed by atoms with Crippen LogP contribution in [0.25, 0.3) is 0 Å². The quantitative estimate of drug-likeness (QED) is 0.794. The van der Waals surface area contributed by atoms with Crippen molar-refractivity contribution in [1.82, 2.24) is 25.3 Å². The summed E-state index contributed by atoms with van der Waals surface area (Å²) in [5, 5.41) is 7.34. The summed E-state index contributed by atoms with van der Waals surface area (Å²) >= 11 is 0. The fraction of sp³-hybridized carbons (Fsp3) is 0.833. The molecule has 1 N–H and O–H groups in total. The van der Waals surface area contributed by atoms with E-state index in [4.69, 9.17) is 4.52 Å². The largest absolute Gasteiger partial charge is 0.339 e. The van der Waals surface area contributed by atoms with Gasteiger partial charge >= 0.3 is 0 Å². The predicted molar refractivity (Wildman–Crippen MR) is 67.2 cm³/mol. The Morgan fingerprint density at radius 3 is 2.61 bits per heavy atom. The van der Waals surface area contributed by atoms with Gasteiger partial charge in [-0.3, -0.25) is 9.80 Å². The van der Waals surface area contributed by atoms with Crippen molar-refractivity contribution in [3.63, 3.8) is 0 Å². The van der Waals surface area contributed by atoms with Crippen molar-refractivity contribution in [1.29, 1.82) is 0 Å². The summed E-state index contributed by atoms with van der Waals surface area (Å²) in [5.74, 6) is 1.56. The number of nitrogens with zero attached hydrogens (tertiary/aromatic N) is 4. The third kappa shape index (κ3) is 2.55. The monoisotopic (exact) mass is 251 g/mol. The average Bonchev–Trinajstić information content (AvgIpc) is 2.77. The average molecular weight is 251 g/mol. The van der Waals surface area contributed by atoms with Crippen LogP contribution < -0.4 is 5.32 Å². The lowest BCUT2D eigenvalue weighted by Crippen LogP contribution is -2.61. The zero-order valence-corrected chi connectivity index (χ0v) is 10.9. The summed E-state index contributed by atoms with van der Waals surface area (Å²) < 4.78 is 5.13. The number of piperazine rings is 1. The number of hydrogen-bond acceptors (Lipinski definition) is 6. The second-order valence-electron chi connectivity index (χ2n) is 5.08. The van der Waals surface area contributed by atoms with E-state index in [0.29, 0.717) is 0 Å². The Balaban J connectivity index is 1.47. The van der Waals surface area contributed by atoms with Gasteiger partial charge in [-0.1, -0.05) is 12.1 Å². The molecule has 6 nitrogen and oxygen atoms in total. The van der Waals surface area contributed by atoms with Gasteiger partial charge in [0.1, 0.15) is 0 Å². The lowest BCUT2D eigenvalue weighted by atomic mass is 10.1. The Morgan fingerprint density at radius 2 is 2.06 bits per heavy atom. The fourth-order valence-corrected chi connectivity index (χ4v) is 2.52. The number of nitrogens with one attached hydrogen (secondary N) is 1. The molecule has 2 aliphatic rings. The highest BCUT2D eigenvalue weighted by Gasteiger charge is 2.27. The van der Waals surface area contributed by atoms with E-state index in [9.17, 15) is 0 Å². The number of aromatic nitrogens is 2. The Kier molecular flexibility index (Phi) is 3.58. The standard InChI is InChI=1S/C12H21N5O/c1-2-12-14-11(15-18-12)9-16-3-5-17(6-4-16)10-7-13-8-10/h10,13H,2-9H2,1H3. The molecular weight excluding hydrogens is 230 g/mol. The third-order valence-corrected chi connectivity index (χ3v) is 3.86. The molecule has 0 bridgehead atoms. The van der Waals surface area contributed by atoms with E-state index in [-0.39, 0.29) is 0 Å². The Bertz CT molecular complexity index is 382. The number of hydrogen-bond donors (Lipinski definition) is 1. The second-order valence-corrected chi connectivity index (χ2v) is 5.08. The Morgan fingerprint density at radius 1 is 1.28 bits per heavy atom. The first-order valence-corrected chi connectivity index (χ1v) is 6.83. The van der Waals surface area contributed by atoms with Crippen LogP contribution in [-0.2, 0) is 13.0 Å². The van der Waals surface area contributed by atoms with Crippen molar-refractivity contribution in [3.05, 3.63) is 11.7 Å². The SMILES string of the molecule is CCc1nc(CN2CCN(C3CNC3)CC2)no1. The molecule has 0 radical (unpaired) electrons. The van der Waals surface area contributed by atoms with Crippen molar-refractivity contribution in [2.24, 2.45) is 0 Å². The Labute approximate surface area is 107 Å². The summed E-state index contributed by atoms with van der Waals surface area (Å²) in [7, 11) is 0. The zero-order valence-electron chi connectivity index (χ0n) is 10.9. The molecule has 1 aromatic heterocycles. The van der Waals surface area contributed by atoms with Crippen LogP contribution in [0.15, 0.2) is 4.52 Å². The molecule has 18 heavy (non-hydrogen) atoms. The van der Waals surface area contributed by atoms with Gasteiger partial charge in [-0.25, -0.2) is 0 Å². The first-order chi connectivity index (χ1) is 8.85. The first-order valence-electron chi connectivity index (χ1n) is 6.83. The molecule has 2 fully saturated rings. The van der Waals surface area contributed by atoms with Crippen LogP contribution in [0.5, 0.6) is 0 Å². The normalized spacial score (nSPS) is 23.2. The lowest BCUT2D eigenvalue weighted by molar-refractivity contribution is 0.0681. The predicted octanol–water partition coefficient (Wildman–Crippen LogP) is -0.279. The van der Waals surface area contributed by atoms with Gasteiger partial charge < -0.3 is 9.84 Å². The van der Waals surface area contributed by atoms with E-state index in [2.05, 4.69) is 25.3 Å². The highest BCUT2D eigenvalue weighted by atomic mass is 16.5. The van der Waals surface area contributed by atoms with Crippen molar-refractivity contribution < 1.29 is 4.52 Å². The van der Waals surface area contributed by atoms with Gasteiger partial charge in [-0.2, -0.15) is 4.98 Å². The van der Waals surface area contributed by atoms with Crippen molar-refractivity contribution in [2.75, 3.05) is 39.3 Å². The van der Waals surface area contributed by atoms with Crippen LogP contribution in [0.2, 0.25) is 0 Å². The fourth-order valence-electron chi connectivity index (χ4n) is 2.52. The van der Waals surface area contributed by atoms with Crippen molar-refractivity contribution in [2.45, 2.75) is 25.9 Å². The molecule has 0 saturated carbocycles. The third-order valence-electron chi connectivity index (χ3n) is 3.86. The number of aryl methyl sites for hydroxylation is 1. The molecule has 6 heteroatoms.